The number of hydrogen-bond donors (Lipinski definition) is 0. The van der Waals surface area contributed by atoms with Crippen LogP contribution in [0, 0.1) is 18.8 Å². The highest BCUT2D eigenvalue weighted by Gasteiger charge is 2.29. The van der Waals surface area contributed by atoms with Gasteiger partial charge in [0.25, 0.3) is 0 Å². The van der Waals surface area contributed by atoms with Crippen LogP contribution in [0.1, 0.15) is 32.1 Å². The van der Waals surface area contributed by atoms with Crippen LogP contribution in [-0.4, -0.2) is 11.6 Å². The molecule has 2 aliphatic rings. The Morgan fingerprint density at radius 3 is 2.57 bits per heavy atom. The molecule has 0 aromatic rings. The normalized spacial score (nSPS) is 25.6. The standard InChI is InChI=1S/C10H12O2.C2H2/c11-8-4-5-9-7(6-8)2-1-3-10(9)12;1-2/h6,9H,1-5H2;1-2H. The lowest BCUT2D eigenvalue weighted by molar-refractivity contribution is -0.123. The third-order valence-electron chi connectivity index (χ3n) is 2.75. The van der Waals surface area contributed by atoms with Crippen molar-refractivity contribution in [2.75, 3.05) is 0 Å². The average Bonchev–Trinajstić information content (AvgIpc) is 2.21. The number of ketones is 2. The summed E-state index contributed by atoms with van der Waals surface area (Å²) in [4.78, 5) is 22.4. The number of rotatable bonds is 0. The lowest BCUT2D eigenvalue weighted by atomic mass is 9.77. The summed E-state index contributed by atoms with van der Waals surface area (Å²) < 4.78 is 0. The summed E-state index contributed by atoms with van der Waals surface area (Å²) in [6.07, 6.45) is 13.7. The molecule has 0 spiro atoms. The monoisotopic (exact) mass is 190 g/mol. The molecular formula is C12H14O2. The number of carbonyl (C=O) groups is 2. The molecule has 74 valence electrons. The number of Topliss-reactive ketones (excluding diaryl/α,β-unsaturated/α-hetero) is 1. The van der Waals surface area contributed by atoms with Crippen molar-refractivity contribution in [3.63, 3.8) is 0 Å². The van der Waals surface area contributed by atoms with Gasteiger partial charge < -0.3 is 0 Å². The summed E-state index contributed by atoms with van der Waals surface area (Å²) in [6, 6.07) is 0. The van der Waals surface area contributed by atoms with Crippen molar-refractivity contribution in [1.29, 1.82) is 0 Å². The first-order valence-electron chi connectivity index (χ1n) is 4.87. The second kappa shape index (κ2) is 4.76. The Bertz CT molecular complexity index is 297. The molecule has 0 radical (unpaired) electrons. The van der Waals surface area contributed by atoms with E-state index in [0.717, 1.165) is 31.3 Å². The molecule has 0 saturated heterocycles. The van der Waals surface area contributed by atoms with Gasteiger partial charge in [0.2, 0.25) is 0 Å². The predicted molar refractivity (Wildman–Crippen MR) is 54.6 cm³/mol. The molecule has 0 heterocycles. The lowest BCUT2D eigenvalue weighted by Crippen LogP contribution is -2.25. The number of fused-ring (bicyclic) bond motifs is 1. The Morgan fingerprint density at radius 2 is 1.86 bits per heavy atom. The third kappa shape index (κ3) is 2.11. The van der Waals surface area contributed by atoms with Gasteiger partial charge in [0.15, 0.2) is 5.78 Å². The lowest BCUT2D eigenvalue weighted by Gasteiger charge is -2.26. The molecule has 2 nitrogen and oxygen atoms in total. The second-order valence-electron chi connectivity index (χ2n) is 3.60. The van der Waals surface area contributed by atoms with E-state index in [9.17, 15) is 9.59 Å². The minimum atomic E-state index is 0.108. The van der Waals surface area contributed by atoms with Crippen molar-refractivity contribution in [3.8, 4) is 12.8 Å². The van der Waals surface area contributed by atoms with Gasteiger partial charge in [0.05, 0.1) is 0 Å². The first-order valence-corrected chi connectivity index (χ1v) is 4.87. The van der Waals surface area contributed by atoms with Gasteiger partial charge >= 0.3 is 0 Å². The van der Waals surface area contributed by atoms with Crippen LogP contribution in [0.2, 0.25) is 0 Å². The van der Waals surface area contributed by atoms with Crippen molar-refractivity contribution in [2.45, 2.75) is 32.1 Å². The minimum absolute atomic E-state index is 0.108. The van der Waals surface area contributed by atoms with Crippen molar-refractivity contribution in [2.24, 2.45) is 5.92 Å². The van der Waals surface area contributed by atoms with Crippen LogP contribution in [0.25, 0.3) is 0 Å². The van der Waals surface area contributed by atoms with Gasteiger partial charge in [-0.2, -0.15) is 0 Å². The third-order valence-corrected chi connectivity index (χ3v) is 2.75. The molecule has 2 rings (SSSR count). The van der Waals surface area contributed by atoms with E-state index in [1.54, 1.807) is 6.08 Å². The molecular weight excluding hydrogens is 176 g/mol. The number of terminal acetylenes is 1. The highest BCUT2D eigenvalue weighted by Crippen LogP contribution is 2.33. The Kier molecular flexibility index (Phi) is 3.64. The molecule has 0 N–H and O–H groups in total. The molecule has 0 bridgehead atoms. The summed E-state index contributed by atoms with van der Waals surface area (Å²) in [5.41, 5.74) is 1.10. The molecule has 1 atom stereocenters. The van der Waals surface area contributed by atoms with Gasteiger partial charge in [-0.25, -0.2) is 0 Å². The summed E-state index contributed by atoms with van der Waals surface area (Å²) in [5, 5.41) is 0. The fourth-order valence-corrected chi connectivity index (χ4v) is 2.11. The van der Waals surface area contributed by atoms with E-state index in [2.05, 4.69) is 12.8 Å². The molecule has 0 aliphatic heterocycles. The molecule has 2 heteroatoms. The fraction of sp³-hybridized carbons (Fsp3) is 0.500. The summed E-state index contributed by atoms with van der Waals surface area (Å²) in [6.45, 7) is 0. The van der Waals surface area contributed by atoms with Crippen LogP contribution in [0.3, 0.4) is 0 Å². The van der Waals surface area contributed by atoms with Crippen LogP contribution in [0.4, 0.5) is 0 Å². The van der Waals surface area contributed by atoms with Gasteiger partial charge in [-0.3, -0.25) is 9.59 Å². The van der Waals surface area contributed by atoms with E-state index in [1.807, 2.05) is 0 Å². The average molecular weight is 190 g/mol. The highest BCUT2D eigenvalue weighted by molar-refractivity contribution is 5.95. The largest absolute Gasteiger partial charge is 0.299 e. The van der Waals surface area contributed by atoms with Crippen molar-refractivity contribution in [3.05, 3.63) is 11.6 Å². The van der Waals surface area contributed by atoms with Gasteiger partial charge in [-0.1, -0.05) is 5.57 Å². The van der Waals surface area contributed by atoms with Crippen LogP contribution in [0.15, 0.2) is 11.6 Å². The first kappa shape index (κ1) is 10.7. The second-order valence-corrected chi connectivity index (χ2v) is 3.60. The summed E-state index contributed by atoms with van der Waals surface area (Å²) >= 11 is 0. The molecule has 1 unspecified atom stereocenters. The van der Waals surface area contributed by atoms with Gasteiger partial charge in [0.1, 0.15) is 5.78 Å². The zero-order chi connectivity index (χ0) is 10.6. The SMILES string of the molecule is C#C.O=C1C=C2CCCC(=O)C2CC1. The number of hydrogen-bond acceptors (Lipinski definition) is 2. The van der Waals surface area contributed by atoms with Crippen LogP contribution in [0.5, 0.6) is 0 Å². The quantitative estimate of drug-likeness (QED) is 0.547. The zero-order valence-electron chi connectivity index (χ0n) is 8.16. The van der Waals surface area contributed by atoms with E-state index in [1.165, 1.54) is 0 Å². The van der Waals surface area contributed by atoms with E-state index in [-0.39, 0.29) is 11.7 Å². The predicted octanol–water partition coefficient (Wildman–Crippen LogP) is 1.89. The summed E-state index contributed by atoms with van der Waals surface area (Å²) in [5.74, 6) is 0.660. The zero-order valence-corrected chi connectivity index (χ0v) is 8.16. The Hall–Kier alpha value is -1.36. The Balaban J connectivity index is 0.000000461. The van der Waals surface area contributed by atoms with Crippen molar-refractivity contribution >= 4 is 11.6 Å². The molecule has 14 heavy (non-hydrogen) atoms. The van der Waals surface area contributed by atoms with E-state index in [0.29, 0.717) is 12.2 Å². The minimum Gasteiger partial charge on any atom is -0.299 e. The number of allylic oxidation sites excluding steroid dienone is 2. The van der Waals surface area contributed by atoms with Crippen LogP contribution < -0.4 is 0 Å². The Labute approximate surface area is 84.4 Å². The maximum atomic E-state index is 11.4. The highest BCUT2D eigenvalue weighted by atomic mass is 16.1. The summed E-state index contributed by atoms with van der Waals surface area (Å²) in [7, 11) is 0. The van der Waals surface area contributed by atoms with E-state index >= 15 is 0 Å². The van der Waals surface area contributed by atoms with Crippen LogP contribution in [-0.2, 0) is 9.59 Å². The Morgan fingerprint density at radius 1 is 1.14 bits per heavy atom. The molecule has 1 saturated carbocycles. The molecule has 2 aliphatic carbocycles. The van der Waals surface area contributed by atoms with Crippen LogP contribution >= 0.6 is 0 Å². The first-order chi connectivity index (χ1) is 6.77. The number of carbonyl (C=O) groups excluding carboxylic acids is 2. The molecule has 0 aromatic heterocycles. The van der Waals surface area contributed by atoms with Gasteiger partial charge in [-0.05, 0) is 25.3 Å². The van der Waals surface area contributed by atoms with Gasteiger partial charge in [-0.15, -0.1) is 12.8 Å². The maximum absolute atomic E-state index is 11.4. The van der Waals surface area contributed by atoms with Gasteiger partial charge in [0, 0.05) is 18.8 Å². The fourth-order valence-electron chi connectivity index (χ4n) is 2.11. The van der Waals surface area contributed by atoms with Crippen molar-refractivity contribution in [1.82, 2.24) is 0 Å². The maximum Gasteiger partial charge on any atom is 0.155 e. The van der Waals surface area contributed by atoms with Crippen molar-refractivity contribution < 1.29 is 9.59 Å². The topological polar surface area (TPSA) is 34.1 Å². The smallest absolute Gasteiger partial charge is 0.155 e. The molecule has 0 aromatic carbocycles. The van der Waals surface area contributed by atoms with E-state index < -0.39 is 0 Å². The molecule has 1 fully saturated rings. The van der Waals surface area contributed by atoms with E-state index in [4.69, 9.17) is 0 Å². The molecule has 0 amide bonds.